The first kappa shape index (κ1) is 17.9. The van der Waals surface area contributed by atoms with Crippen LogP contribution in [0.4, 0.5) is 11.4 Å². The normalized spacial score (nSPS) is 10.4. The molecule has 0 saturated heterocycles. The molecular weight excluding hydrogens is 324 g/mol. The number of nitrogens with one attached hydrogen (secondary N) is 1. The number of nitrogen functional groups attached to an aromatic ring is 1. The summed E-state index contributed by atoms with van der Waals surface area (Å²) >= 11 is 5.83. The van der Waals surface area contributed by atoms with Crippen molar-refractivity contribution in [1.82, 2.24) is 4.57 Å². The zero-order valence-electron chi connectivity index (χ0n) is 13.7. The van der Waals surface area contributed by atoms with Gasteiger partial charge in [0.15, 0.2) is 0 Å². The number of unbranched alkanes of at least 4 members (excludes halogenated alkanes) is 2. The molecule has 0 saturated carbocycles. The van der Waals surface area contributed by atoms with Gasteiger partial charge in [-0.05, 0) is 43.2 Å². The van der Waals surface area contributed by atoms with Gasteiger partial charge < -0.3 is 15.6 Å². The summed E-state index contributed by atoms with van der Waals surface area (Å²) in [7, 11) is 0. The minimum atomic E-state index is -0.207. The lowest BCUT2D eigenvalue weighted by molar-refractivity contribution is -0.116. The standard InChI is InChI=1S/C18H21ClN4O/c1-2-3-4-5-17-16(21)10-15(11-20)23(17)12-18(24)22-14-8-6-13(19)7-9-14/h6-10H,2-5,12,21H2,1H3,(H,22,24). The number of nitriles is 1. The van der Waals surface area contributed by atoms with E-state index in [2.05, 4.69) is 18.3 Å². The maximum atomic E-state index is 12.3. The summed E-state index contributed by atoms with van der Waals surface area (Å²) in [6, 6.07) is 10.6. The molecule has 0 fully saturated rings. The lowest BCUT2D eigenvalue weighted by Gasteiger charge is -2.12. The third-order valence-corrected chi connectivity index (χ3v) is 4.06. The van der Waals surface area contributed by atoms with E-state index in [9.17, 15) is 10.1 Å². The smallest absolute Gasteiger partial charge is 0.244 e. The SMILES string of the molecule is CCCCCc1c(N)cc(C#N)n1CC(=O)Nc1ccc(Cl)cc1. The van der Waals surface area contributed by atoms with Gasteiger partial charge in [0.05, 0.1) is 5.69 Å². The van der Waals surface area contributed by atoms with E-state index in [4.69, 9.17) is 17.3 Å². The topological polar surface area (TPSA) is 83.8 Å². The van der Waals surface area contributed by atoms with Crippen LogP contribution in [0.5, 0.6) is 0 Å². The summed E-state index contributed by atoms with van der Waals surface area (Å²) in [6.07, 6.45) is 3.93. The molecular formula is C18H21ClN4O. The van der Waals surface area contributed by atoms with E-state index in [1.165, 1.54) is 0 Å². The van der Waals surface area contributed by atoms with Crippen LogP contribution in [0.15, 0.2) is 30.3 Å². The molecule has 5 nitrogen and oxygen atoms in total. The first-order chi connectivity index (χ1) is 11.5. The second kappa shape index (κ2) is 8.42. The van der Waals surface area contributed by atoms with Crippen molar-refractivity contribution in [3.63, 3.8) is 0 Å². The quantitative estimate of drug-likeness (QED) is 0.745. The molecule has 0 aliphatic rings. The van der Waals surface area contributed by atoms with Crippen molar-refractivity contribution in [1.29, 1.82) is 5.26 Å². The molecule has 0 aliphatic carbocycles. The molecule has 1 aromatic heterocycles. The predicted molar refractivity (Wildman–Crippen MR) is 96.9 cm³/mol. The van der Waals surface area contributed by atoms with Crippen LogP contribution in [0.1, 0.15) is 37.6 Å². The highest BCUT2D eigenvalue weighted by molar-refractivity contribution is 6.30. The summed E-state index contributed by atoms with van der Waals surface area (Å²) in [5.41, 5.74) is 8.52. The number of rotatable bonds is 7. The number of amides is 1. The Morgan fingerprint density at radius 2 is 2.04 bits per heavy atom. The maximum Gasteiger partial charge on any atom is 0.244 e. The van der Waals surface area contributed by atoms with Gasteiger partial charge in [0.2, 0.25) is 5.91 Å². The average molecular weight is 345 g/mol. The molecule has 0 atom stereocenters. The third kappa shape index (κ3) is 4.53. The fourth-order valence-electron chi connectivity index (χ4n) is 2.58. The zero-order valence-corrected chi connectivity index (χ0v) is 14.4. The summed E-state index contributed by atoms with van der Waals surface area (Å²) < 4.78 is 1.70. The Labute approximate surface area is 147 Å². The number of aromatic nitrogens is 1. The average Bonchev–Trinajstić information content (AvgIpc) is 2.85. The second-order valence-electron chi connectivity index (χ2n) is 5.64. The van der Waals surface area contributed by atoms with E-state index in [-0.39, 0.29) is 12.5 Å². The van der Waals surface area contributed by atoms with Gasteiger partial charge >= 0.3 is 0 Å². The second-order valence-corrected chi connectivity index (χ2v) is 6.08. The number of halogens is 1. The number of hydrogen-bond acceptors (Lipinski definition) is 3. The van der Waals surface area contributed by atoms with Crippen LogP contribution >= 0.6 is 11.6 Å². The number of nitrogens with two attached hydrogens (primary N) is 1. The number of benzene rings is 1. The Morgan fingerprint density at radius 1 is 1.33 bits per heavy atom. The van der Waals surface area contributed by atoms with Gasteiger partial charge in [-0.25, -0.2) is 0 Å². The van der Waals surface area contributed by atoms with E-state index >= 15 is 0 Å². The highest BCUT2D eigenvalue weighted by Crippen LogP contribution is 2.21. The molecule has 0 radical (unpaired) electrons. The number of carbonyl (C=O) groups excluding carboxylic acids is 1. The lowest BCUT2D eigenvalue weighted by atomic mass is 10.1. The van der Waals surface area contributed by atoms with Crippen LogP contribution in [-0.2, 0) is 17.8 Å². The van der Waals surface area contributed by atoms with Gasteiger partial charge in [-0.3, -0.25) is 4.79 Å². The molecule has 0 unspecified atom stereocenters. The summed E-state index contributed by atoms with van der Waals surface area (Å²) in [4.78, 5) is 12.3. The molecule has 0 spiro atoms. The van der Waals surface area contributed by atoms with Crippen LogP contribution in [-0.4, -0.2) is 10.5 Å². The molecule has 0 aliphatic heterocycles. The molecule has 1 heterocycles. The van der Waals surface area contributed by atoms with Crippen molar-refractivity contribution in [2.75, 3.05) is 11.1 Å². The fourth-order valence-corrected chi connectivity index (χ4v) is 2.71. The van der Waals surface area contributed by atoms with Crippen molar-refractivity contribution in [2.24, 2.45) is 0 Å². The Balaban J connectivity index is 2.13. The van der Waals surface area contributed by atoms with Gasteiger partial charge in [0, 0.05) is 16.4 Å². The fraction of sp³-hybridized carbons (Fsp3) is 0.333. The maximum absolute atomic E-state index is 12.3. The molecule has 24 heavy (non-hydrogen) atoms. The molecule has 2 aromatic rings. The number of anilines is 2. The van der Waals surface area contributed by atoms with Crippen LogP contribution in [0.3, 0.4) is 0 Å². The van der Waals surface area contributed by atoms with Gasteiger partial charge in [-0.15, -0.1) is 0 Å². The molecule has 1 aromatic carbocycles. The minimum absolute atomic E-state index is 0.0597. The van der Waals surface area contributed by atoms with E-state index < -0.39 is 0 Å². The Hall–Kier alpha value is -2.45. The number of nitrogens with zero attached hydrogens (tertiary/aromatic N) is 2. The van der Waals surface area contributed by atoms with Crippen molar-refractivity contribution >= 4 is 28.9 Å². The molecule has 3 N–H and O–H groups in total. The van der Waals surface area contributed by atoms with E-state index in [0.717, 1.165) is 31.4 Å². The summed E-state index contributed by atoms with van der Waals surface area (Å²) in [5.74, 6) is -0.207. The number of carbonyl (C=O) groups is 1. The van der Waals surface area contributed by atoms with Crippen LogP contribution in [0.25, 0.3) is 0 Å². The van der Waals surface area contributed by atoms with E-state index in [1.807, 2.05) is 0 Å². The van der Waals surface area contributed by atoms with Gasteiger partial charge in [-0.1, -0.05) is 31.4 Å². The van der Waals surface area contributed by atoms with E-state index in [1.54, 1.807) is 34.9 Å². The van der Waals surface area contributed by atoms with Crippen LogP contribution in [0, 0.1) is 11.3 Å². The Bertz CT molecular complexity index is 744. The predicted octanol–water partition coefficient (Wildman–Crippen LogP) is 3.97. The first-order valence-electron chi connectivity index (χ1n) is 7.98. The highest BCUT2D eigenvalue weighted by Gasteiger charge is 2.15. The Kier molecular flexibility index (Phi) is 6.28. The Morgan fingerprint density at radius 3 is 2.67 bits per heavy atom. The summed E-state index contributed by atoms with van der Waals surface area (Å²) in [6.45, 7) is 2.19. The minimum Gasteiger partial charge on any atom is -0.397 e. The van der Waals surface area contributed by atoms with Gasteiger partial charge in [0.1, 0.15) is 18.3 Å². The van der Waals surface area contributed by atoms with Gasteiger partial charge in [0.25, 0.3) is 0 Å². The van der Waals surface area contributed by atoms with Crippen LogP contribution < -0.4 is 11.1 Å². The number of hydrogen-bond donors (Lipinski definition) is 2. The van der Waals surface area contributed by atoms with Gasteiger partial charge in [-0.2, -0.15) is 5.26 Å². The highest BCUT2D eigenvalue weighted by atomic mass is 35.5. The molecule has 126 valence electrons. The van der Waals surface area contributed by atoms with Crippen LogP contribution in [0.2, 0.25) is 5.02 Å². The molecule has 6 heteroatoms. The summed E-state index contributed by atoms with van der Waals surface area (Å²) in [5, 5.41) is 12.7. The largest absolute Gasteiger partial charge is 0.397 e. The van der Waals surface area contributed by atoms with E-state index in [0.29, 0.717) is 22.1 Å². The monoisotopic (exact) mass is 344 g/mol. The first-order valence-corrected chi connectivity index (χ1v) is 8.36. The molecule has 0 bridgehead atoms. The third-order valence-electron chi connectivity index (χ3n) is 3.80. The van der Waals surface area contributed by atoms with Crippen molar-refractivity contribution in [3.8, 4) is 6.07 Å². The lowest BCUT2D eigenvalue weighted by Crippen LogP contribution is -2.21. The molecule has 1 amide bonds. The molecule has 2 rings (SSSR count). The van der Waals surface area contributed by atoms with Crippen molar-refractivity contribution in [3.05, 3.63) is 46.7 Å². The zero-order chi connectivity index (χ0) is 17.5. The van der Waals surface area contributed by atoms with Crippen molar-refractivity contribution in [2.45, 2.75) is 39.2 Å². The van der Waals surface area contributed by atoms with Crippen molar-refractivity contribution < 1.29 is 4.79 Å².